The van der Waals surface area contributed by atoms with E-state index in [1.165, 1.54) is 18.5 Å². The quantitative estimate of drug-likeness (QED) is 0.751. The molecule has 21 heavy (non-hydrogen) atoms. The molecule has 1 aliphatic carbocycles. The van der Waals surface area contributed by atoms with E-state index in [1.807, 2.05) is 24.4 Å². The highest BCUT2D eigenvalue weighted by Gasteiger charge is 2.21. The van der Waals surface area contributed by atoms with Gasteiger partial charge in [0.15, 0.2) is 5.82 Å². The maximum atomic E-state index is 5.76. The molecule has 1 saturated carbocycles. The maximum absolute atomic E-state index is 5.76. The summed E-state index contributed by atoms with van der Waals surface area (Å²) in [5.74, 6) is 1.83. The molecule has 2 heterocycles. The molecule has 0 unspecified atom stereocenters. The Labute approximate surface area is 125 Å². The summed E-state index contributed by atoms with van der Waals surface area (Å²) in [5.41, 5.74) is 7.91. The van der Waals surface area contributed by atoms with Gasteiger partial charge in [0, 0.05) is 32.8 Å². The van der Waals surface area contributed by atoms with E-state index in [-0.39, 0.29) is 0 Å². The maximum Gasteiger partial charge on any atom is 0.151 e. The van der Waals surface area contributed by atoms with E-state index in [2.05, 4.69) is 16.3 Å². The van der Waals surface area contributed by atoms with Crippen LogP contribution in [0.2, 0.25) is 0 Å². The molecule has 114 valence electrons. The third-order valence-electron chi connectivity index (χ3n) is 3.97. The van der Waals surface area contributed by atoms with Gasteiger partial charge in [-0.15, -0.1) is 0 Å². The molecule has 0 aromatic carbocycles. The third-order valence-corrected chi connectivity index (χ3v) is 3.97. The second kappa shape index (κ2) is 6.45. The summed E-state index contributed by atoms with van der Waals surface area (Å²) in [7, 11) is 2.07. The van der Waals surface area contributed by atoms with E-state index < -0.39 is 0 Å². The van der Waals surface area contributed by atoms with Crippen LogP contribution >= 0.6 is 0 Å². The number of hydrogen-bond acceptors (Lipinski definition) is 4. The van der Waals surface area contributed by atoms with Crippen LogP contribution in [0.25, 0.3) is 5.65 Å². The number of nitrogens with zero attached hydrogens (tertiary/aromatic N) is 3. The molecule has 2 aromatic heterocycles. The zero-order valence-corrected chi connectivity index (χ0v) is 12.7. The fraction of sp³-hybridized carbons (Fsp3) is 0.562. The summed E-state index contributed by atoms with van der Waals surface area (Å²) in [6.45, 7) is 3.15. The average Bonchev–Trinajstić information content (AvgIpc) is 3.25. The molecule has 2 N–H and O–H groups in total. The molecule has 1 fully saturated rings. The van der Waals surface area contributed by atoms with Crippen LogP contribution in [0.4, 0.5) is 5.82 Å². The standard InChI is InChI=1S/C16H24N4O/c1-19(10-11-21-12-13-5-6-13)16-14(7-8-17)20-9-3-2-4-15(20)18-16/h2-4,9,13H,5-8,10-12,17H2,1H3. The van der Waals surface area contributed by atoms with Crippen LogP contribution in [-0.4, -0.2) is 42.7 Å². The lowest BCUT2D eigenvalue weighted by Gasteiger charge is -2.18. The second-order valence-electron chi connectivity index (χ2n) is 5.79. The van der Waals surface area contributed by atoms with Gasteiger partial charge in [-0.05, 0) is 37.4 Å². The predicted molar refractivity (Wildman–Crippen MR) is 84.8 cm³/mol. The number of aromatic nitrogens is 2. The zero-order chi connectivity index (χ0) is 14.7. The van der Waals surface area contributed by atoms with Gasteiger partial charge in [0.1, 0.15) is 5.65 Å². The SMILES string of the molecule is CN(CCOCC1CC1)c1nc2ccccn2c1CCN. The molecule has 5 nitrogen and oxygen atoms in total. The summed E-state index contributed by atoms with van der Waals surface area (Å²) in [6, 6.07) is 6.06. The van der Waals surface area contributed by atoms with Gasteiger partial charge in [0.2, 0.25) is 0 Å². The minimum absolute atomic E-state index is 0.627. The van der Waals surface area contributed by atoms with Crippen LogP contribution in [0.1, 0.15) is 18.5 Å². The molecule has 1 aliphatic rings. The first-order valence-electron chi connectivity index (χ1n) is 7.74. The highest BCUT2D eigenvalue weighted by molar-refractivity contribution is 5.55. The highest BCUT2D eigenvalue weighted by Crippen LogP contribution is 2.28. The number of hydrogen-bond donors (Lipinski definition) is 1. The summed E-state index contributed by atoms with van der Waals surface area (Å²) in [6.07, 6.45) is 5.55. The van der Waals surface area contributed by atoms with E-state index >= 15 is 0 Å². The lowest BCUT2D eigenvalue weighted by Crippen LogP contribution is -2.25. The molecule has 0 saturated heterocycles. The Morgan fingerprint density at radius 1 is 1.43 bits per heavy atom. The Balaban J connectivity index is 1.69. The lowest BCUT2D eigenvalue weighted by molar-refractivity contribution is 0.131. The molecule has 0 bridgehead atoms. The molecular weight excluding hydrogens is 264 g/mol. The van der Waals surface area contributed by atoms with Crippen molar-refractivity contribution in [3.05, 3.63) is 30.1 Å². The predicted octanol–water partition coefficient (Wildman–Crippen LogP) is 1.70. The smallest absolute Gasteiger partial charge is 0.151 e. The molecule has 0 spiro atoms. The van der Waals surface area contributed by atoms with Gasteiger partial charge in [-0.3, -0.25) is 0 Å². The number of anilines is 1. The van der Waals surface area contributed by atoms with E-state index in [0.717, 1.165) is 43.6 Å². The summed E-state index contributed by atoms with van der Waals surface area (Å²) in [5, 5.41) is 0. The number of nitrogens with two attached hydrogens (primary N) is 1. The molecule has 0 aliphatic heterocycles. The first kappa shape index (κ1) is 14.4. The van der Waals surface area contributed by atoms with Gasteiger partial charge in [-0.25, -0.2) is 4.98 Å². The number of ether oxygens (including phenoxy) is 1. The van der Waals surface area contributed by atoms with Gasteiger partial charge >= 0.3 is 0 Å². The fourth-order valence-electron chi connectivity index (χ4n) is 2.55. The van der Waals surface area contributed by atoms with Gasteiger partial charge in [-0.1, -0.05) is 6.07 Å². The Morgan fingerprint density at radius 2 is 2.29 bits per heavy atom. The normalized spacial score (nSPS) is 14.8. The van der Waals surface area contributed by atoms with Crippen molar-refractivity contribution in [1.82, 2.24) is 9.38 Å². The van der Waals surface area contributed by atoms with Crippen LogP contribution < -0.4 is 10.6 Å². The van der Waals surface area contributed by atoms with Crippen LogP contribution in [0, 0.1) is 5.92 Å². The van der Waals surface area contributed by atoms with Crippen LogP contribution in [0.15, 0.2) is 24.4 Å². The molecule has 0 atom stereocenters. The van der Waals surface area contributed by atoms with Crippen molar-refractivity contribution < 1.29 is 4.74 Å². The number of pyridine rings is 1. The Morgan fingerprint density at radius 3 is 3.05 bits per heavy atom. The van der Waals surface area contributed by atoms with E-state index in [1.54, 1.807) is 0 Å². The fourth-order valence-corrected chi connectivity index (χ4v) is 2.55. The Hall–Kier alpha value is -1.59. The van der Waals surface area contributed by atoms with Crippen molar-refractivity contribution in [2.45, 2.75) is 19.3 Å². The van der Waals surface area contributed by atoms with Crippen molar-refractivity contribution >= 4 is 11.5 Å². The minimum atomic E-state index is 0.627. The summed E-state index contributed by atoms with van der Waals surface area (Å²) >= 11 is 0. The number of likely N-dealkylation sites (N-methyl/N-ethyl adjacent to an activating group) is 1. The lowest BCUT2D eigenvalue weighted by atomic mass is 10.3. The molecule has 3 rings (SSSR count). The monoisotopic (exact) mass is 288 g/mol. The topological polar surface area (TPSA) is 55.8 Å². The van der Waals surface area contributed by atoms with Gasteiger partial charge in [0.05, 0.1) is 12.3 Å². The van der Waals surface area contributed by atoms with Crippen LogP contribution in [0.5, 0.6) is 0 Å². The van der Waals surface area contributed by atoms with Crippen LogP contribution in [-0.2, 0) is 11.2 Å². The molecule has 0 amide bonds. The largest absolute Gasteiger partial charge is 0.379 e. The van der Waals surface area contributed by atoms with E-state index in [0.29, 0.717) is 6.54 Å². The number of fused-ring (bicyclic) bond motifs is 1. The molecular formula is C16H24N4O. The number of imidazole rings is 1. The molecule has 2 aromatic rings. The van der Waals surface area contributed by atoms with Crippen LogP contribution in [0.3, 0.4) is 0 Å². The van der Waals surface area contributed by atoms with Crippen molar-refractivity contribution in [3.63, 3.8) is 0 Å². The van der Waals surface area contributed by atoms with Gasteiger partial charge < -0.3 is 19.8 Å². The zero-order valence-electron chi connectivity index (χ0n) is 12.7. The Bertz CT molecular complexity index is 591. The summed E-state index contributed by atoms with van der Waals surface area (Å²) in [4.78, 5) is 6.91. The first-order chi connectivity index (χ1) is 10.3. The minimum Gasteiger partial charge on any atom is -0.379 e. The first-order valence-corrected chi connectivity index (χ1v) is 7.74. The van der Waals surface area contributed by atoms with Crippen molar-refractivity contribution in [2.75, 3.05) is 38.3 Å². The number of rotatable bonds is 8. The van der Waals surface area contributed by atoms with Gasteiger partial charge in [-0.2, -0.15) is 0 Å². The Kier molecular flexibility index (Phi) is 4.41. The van der Waals surface area contributed by atoms with E-state index in [9.17, 15) is 0 Å². The van der Waals surface area contributed by atoms with Crippen molar-refractivity contribution in [2.24, 2.45) is 11.7 Å². The molecule has 5 heteroatoms. The second-order valence-corrected chi connectivity index (χ2v) is 5.79. The molecule has 0 radical (unpaired) electrons. The van der Waals surface area contributed by atoms with E-state index in [4.69, 9.17) is 15.5 Å². The van der Waals surface area contributed by atoms with Crippen molar-refractivity contribution in [1.29, 1.82) is 0 Å². The van der Waals surface area contributed by atoms with Gasteiger partial charge in [0.25, 0.3) is 0 Å². The summed E-state index contributed by atoms with van der Waals surface area (Å²) < 4.78 is 7.85. The van der Waals surface area contributed by atoms with Crippen molar-refractivity contribution in [3.8, 4) is 0 Å². The third kappa shape index (κ3) is 3.36. The average molecular weight is 288 g/mol. The highest BCUT2D eigenvalue weighted by atomic mass is 16.5.